The molecule has 6 heteroatoms. The normalized spacial score (nSPS) is 11.4. The van der Waals surface area contributed by atoms with Crippen molar-refractivity contribution in [3.63, 3.8) is 0 Å². The Balaban J connectivity index is 3.34. The minimum absolute atomic E-state index is 0.0906. The number of nitro benzene ring substituents is 1. The van der Waals surface area contributed by atoms with Gasteiger partial charge >= 0.3 is 5.97 Å². The summed E-state index contributed by atoms with van der Waals surface area (Å²) in [6.07, 6.45) is 0. The summed E-state index contributed by atoms with van der Waals surface area (Å²) in [5, 5.41) is 10.9. The Morgan fingerprint density at radius 2 is 1.86 bits per heavy atom. The zero-order valence-electron chi connectivity index (χ0n) is 13.8. The Bertz CT molecular complexity index is 657. The number of rotatable bonds is 2. The lowest BCUT2D eigenvalue weighted by atomic mass is 10.1. The molecule has 0 bridgehead atoms. The standard InChI is InChI=1S/C16H21NO4Si/c1-16(2,3)21-15(18)14-8-7-13(17(19)20)11-12(14)9-10-22(4,5)6/h7-8,11H,1-6H3. The average Bonchev–Trinajstić information content (AvgIpc) is 2.32. The SMILES string of the molecule is CC(C)(C)OC(=O)c1ccc([N+](=O)[O-])cc1C#C[Si](C)(C)C. The van der Waals surface area contributed by atoms with E-state index >= 15 is 0 Å². The van der Waals surface area contributed by atoms with Crippen molar-refractivity contribution in [2.75, 3.05) is 0 Å². The lowest BCUT2D eigenvalue weighted by molar-refractivity contribution is -0.384. The minimum Gasteiger partial charge on any atom is -0.456 e. The van der Waals surface area contributed by atoms with Crippen LogP contribution in [0.1, 0.15) is 36.7 Å². The largest absolute Gasteiger partial charge is 0.456 e. The van der Waals surface area contributed by atoms with Crippen molar-refractivity contribution in [3.8, 4) is 11.5 Å². The molecule has 0 heterocycles. The molecule has 0 aliphatic carbocycles. The number of carbonyl (C=O) groups excluding carboxylic acids is 1. The molecule has 1 aromatic carbocycles. The van der Waals surface area contributed by atoms with E-state index in [1.807, 2.05) is 0 Å². The van der Waals surface area contributed by atoms with Crippen LogP contribution in [0.25, 0.3) is 0 Å². The van der Waals surface area contributed by atoms with E-state index in [1.54, 1.807) is 20.8 Å². The summed E-state index contributed by atoms with van der Waals surface area (Å²) in [5.41, 5.74) is 2.99. The summed E-state index contributed by atoms with van der Waals surface area (Å²) < 4.78 is 5.33. The number of nitrogens with zero attached hydrogens (tertiary/aromatic N) is 1. The highest BCUT2D eigenvalue weighted by Crippen LogP contribution is 2.20. The molecule has 0 spiro atoms. The molecule has 0 amide bonds. The van der Waals surface area contributed by atoms with Crippen LogP contribution >= 0.6 is 0 Å². The van der Waals surface area contributed by atoms with E-state index in [0.29, 0.717) is 5.56 Å². The highest BCUT2D eigenvalue weighted by Gasteiger charge is 2.22. The van der Waals surface area contributed by atoms with Gasteiger partial charge in [-0.3, -0.25) is 10.1 Å². The number of hydrogen-bond donors (Lipinski definition) is 0. The Labute approximate surface area is 131 Å². The fourth-order valence-corrected chi connectivity index (χ4v) is 2.02. The van der Waals surface area contributed by atoms with Gasteiger partial charge in [-0.1, -0.05) is 25.6 Å². The monoisotopic (exact) mass is 319 g/mol. The lowest BCUT2D eigenvalue weighted by Gasteiger charge is -2.19. The van der Waals surface area contributed by atoms with Crippen LogP contribution in [0.3, 0.4) is 0 Å². The molecule has 0 fully saturated rings. The van der Waals surface area contributed by atoms with Gasteiger partial charge in [0, 0.05) is 17.7 Å². The molecule has 1 rings (SSSR count). The summed E-state index contributed by atoms with van der Waals surface area (Å²) in [6, 6.07) is 4.02. The third kappa shape index (κ3) is 5.70. The number of benzene rings is 1. The Kier molecular flexibility index (Phi) is 5.15. The van der Waals surface area contributed by atoms with Crippen molar-refractivity contribution in [1.82, 2.24) is 0 Å². The molecule has 0 N–H and O–H groups in total. The van der Waals surface area contributed by atoms with Crippen LogP contribution in [-0.4, -0.2) is 24.6 Å². The van der Waals surface area contributed by atoms with E-state index in [2.05, 4.69) is 31.1 Å². The van der Waals surface area contributed by atoms with E-state index in [9.17, 15) is 14.9 Å². The predicted octanol–water partition coefficient (Wildman–Crippen LogP) is 3.78. The molecule has 0 saturated heterocycles. The van der Waals surface area contributed by atoms with Crippen LogP contribution < -0.4 is 0 Å². The number of nitro groups is 1. The first-order valence-electron chi connectivity index (χ1n) is 6.94. The molecule has 118 valence electrons. The molecular weight excluding hydrogens is 298 g/mol. The van der Waals surface area contributed by atoms with Crippen LogP contribution in [0, 0.1) is 21.6 Å². The topological polar surface area (TPSA) is 69.4 Å². The molecule has 0 aliphatic heterocycles. The van der Waals surface area contributed by atoms with Crippen molar-refractivity contribution in [1.29, 1.82) is 0 Å². The van der Waals surface area contributed by atoms with Crippen molar-refractivity contribution in [2.45, 2.75) is 46.0 Å². The molecule has 0 radical (unpaired) electrons. The van der Waals surface area contributed by atoms with E-state index in [4.69, 9.17) is 4.74 Å². The van der Waals surface area contributed by atoms with Gasteiger partial charge in [0.25, 0.3) is 5.69 Å². The van der Waals surface area contributed by atoms with Gasteiger partial charge in [-0.25, -0.2) is 4.79 Å². The third-order valence-electron chi connectivity index (χ3n) is 2.40. The molecule has 0 aromatic heterocycles. The maximum absolute atomic E-state index is 12.2. The van der Waals surface area contributed by atoms with Crippen LogP contribution in [0.2, 0.25) is 19.6 Å². The molecule has 1 aromatic rings. The Hall–Kier alpha value is -2.13. The van der Waals surface area contributed by atoms with E-state index in [-0.39, 0.29) is 11.3 Å². The summed E-state index contributed by atoms with van der Waals surface area (Å²) in [5.74, 6) is 2.40. The van der Waals surface area contributed by atoms with Gasteiger partial charge in [-0.2, -0.15) is 0 Å². The highest BCUT2D eigenvalue weighted by atomic mass is 28.3. The summed E-state index contributed by atoms with van der Waals surface area (Å²) in [6.45, 7) is 11.5. The lowest BCUT2D eigenvalue weighted by Crippen LogP contribution is -2.24. The van der Waals surface area contributed by atoms with E-state index in [1.165, 1.54) is 18.2 Å². The Morgan fingerprint density at radius 1 is 1.27 bits per heavy atom. The molecule has 22 heavy (non-hydrogen) atoms. The number of carbonyl (C=O) groups is 1. The van der Waals surface area contributed by atoms with Gasteiger partial charge in [0.15, 0.2) is 0 Å². The first-order chi connectivity index (χ1) is 9.89. The van der Waals surface area contributed by atoms with Crippen molar-refractivity contribution in [3.05, 3.63) is 39.4 Å². The first-order valence-corrected chi connectivity index (χ1v) is 10.4. The maximum Gasteiger partial charge on any atom is 0.339 e. The van der Waals surface area contributed by atoms with Crippen LogP contribution in [0.15, 0.2) is 18.2 Å². The minimum atomic E-state index is -1.67. The Morgan fingerprint density at radius 3 is 2.32 bits per heavy atom. The van der Waals surface area contributed by atoms with Gasteiger partial charge in [0.2, 0.25) is 0 Å². The van der Waals surface area contributed by atoms with Crippen molar-refractivity contribution in [2.24, 2.45) is 0 Å². The summed E-state index contributed by atoms with van der Waals surface area (Å²) in [7, 11) is -1.67. The van der Waals surface area contributed by atoms with Gasteiger partial charge < -0.3 is 4.74 Å². The second kappa shape index (κ2) is 6.32. The smallest absolute Gasteiger partial charge is 0.339 e. The molecule has 0 aliphatic rings. The quantitative estimate of drug-likeness (QED) is 0.273. The number of non-ortho nitro benzene ring substituents is 1. The van der Waals surface area contributed by atoms with E-state index in [0.717, 1.165) is 0 Å². The maximum atomic E-state index is 12.2. The van der Waals surface area contributed by atoms with Crippen LogP contribution in [0.5, 0.6) is 0 Å². The molecule has 5 nitrogen and oxygen atoms in total. The molecule has 0 atom stereocenters. The number of hydrogen-bond acceptors (Lipinski definition) is 4. The second-order valence-electron chi connectivity index (χ2n) is 6.99. The van der Waals surface area contributed by atoms with Crippen LogP contribution in [0.4, 0.5) is 5.69 Å². The molecule has 0 unspecified atom stereocenters. The second-order valence-corrected chi connectivity index (χ2v) is 11.7. The van der Waals surface area contributed by atoms with Crippen molar-refractivity contribution >= 4 is 19.7 Å². The van der Waals surface area contributed by atoms with Gasteiger partial charge in [-0.05, 0) is 26.8 Å². The fourth-order valence-electron chi connectivity index (χ4n) is 1.52. The fraction of sp³-hybridized carbons (Fsp3) is 0.438. The summed E-state index contributed by atoms with van der Waals surface area (Å²) in [4.78, 5) is 22.7. The van der Waals surface area contributed by atoms with Gasteiger partial charge in [0.05, 0.1) is 10.5 Å². The molecular formula is C16H21NO4Si. The van der Waals surface area contributed by atoms with E-state index < -0.39 is 24.6 Å². The first kappa shape index (κ1) is 17.9. The zero-order valence-corrected chi connectivity index (χ0v) is 14.8. The van der Waals surface area contributed by atoms with Gasteiger partial charge in [0.1, 0.15) is 13.7 Å². The summed E-state index contributed by atoms with van der Waals surface area (Å²) >= 11 is 0. The molecule has 0 saturated carbocycles. The average molecular weight is 319 g/mol. The van der Waals surface area contributed by atoms with Crippen LogP contribution in [-0.2, 0) is 4.74 Å². The van der Waals surface area contributed by atoms with Gasteiger partial charge in [-0.15, -0.1) is 5.54 Å². The zero-order chi connectivity index (χ0) is 17.1. The number of esters is 1. The van der Waals surface area contributed by atoms with Crippen molar-refractivity contribution < 1.29 is 14.5 Å². The third-order valence-corrected chi connectivity index (χ3v) is 3.28. The highest BCUT2D eigenvalue weighted by molar-refractivity contribution is 6.83. The number of ether oxygens (including phenoxy) is 1. The predicted molar refractivity (Wildman–Crippen MR) is 88.5 cm³/mol.